The van der Waals surface area contributed by atoms with Gasteiger partial charge in [-0.15, -0.1) is 0 Å². The van der Waals surface area contributed by atoms with Gasteiger partial charge in [-0.1, -0.05) is 6.92 Å². The van der Waals surface area contributed by atoms with Crippen molar-refractivity contribution < 1.29 is 14.3 Å². The normalized spacial score (nSPS) is 18.3. The van der Waals surface area contributed by atoms with Crippen molar-refractivity contribution in [2.45, 2.75) is 13.8 Å². The first-order valence-corrected chi connectivity index (χ1v) is 6.23. The van der Waals surface area contributed by atoms with Gasteiger partial charge in [0.25, 0.3) is 0 Å². The molecule has 1 aliphatic rings. The van der Waals surface area contributed by atoms with Gasteiger partial charge in [0.2, 0.25) is 5.91 Å². The van der Waals surface area contributed by atoms with Crippen LogP contribution in [0.4, 0.5) is 4.79 Å². The summed E-state index contributed by atoms with van der Waals surface area (Å²) >= 11 is 0. The van der Waals surface area contributed by atoms with Crippen LogP contribution in [0.2, 0.25) is 0 Å². The Morgan fingerprint density at radius 3 is 2.44 bits per heavy atom. The summed E-state index contributed by atoms with van der Waals surface area (Å²) in [6.07, 6.45) is -0.259. The zero-order chi connectivity index (χ0) is 13.5. The van der Waals surface area contributed by atoms with E-state index in [2.05, 4.69) is 10.3 Å². The van der Waals surface area contributed by atoms with E-state index in [1.807, 2.05) is 6.92 Å². The summed E-state index contributed by atoms with van der Waals surface area (Å²) in [6, 6.07) is 0. The second kappa shape index (κ2) is 7.17. The SMILES string of the molecule is CCOC(=O)N1CCN(CC(C)C(=O)NN)CC1. The average molecular weight is 258 g/mol. The number of hydrogen-bond acceptors (Lipinski definition) is 5. The van der Waals surface area contributed by atoms with Crippen LogP contribution in [-0.4, -0.2) is 61.1 Å². The third kappa shape index (κ3) is 4.15. The fraction of sp³-hybridized carbons (Fsp3) is 0.818. The zero-order valence-corrected chi connectivity index (χ0v) is 11.0. The first kappa shape index (κ1) is 14.7. The maximum atomic E-state index is 11.5. The number of carbonyl (C=O) groups is 2. The van der Waals surface area contributed by atoms with Crippen molar-refractivity contribution in [1.29, 1.82) is 0 Å². The minimum Gasteiger partial charge on any atom is -0.450 e. The Kier molecular flexibility index (Phi) is 5.87. The van der Waals surface area contributed by atoms with E-state index in [0.29, 0.717) is 26.2 Å². The molecule has 0 radical (unpaired) electrons. The predicted molar refractivity (Wildman–Crippen MR) is 66.5 cm³/mol. The topological polar surface area (TPSA) is 87.9 Å². The lowest BCUT2D eigenvalue weighted by atomic mass is 10.1. The molecule has 104 valence electrons. The Balaban J connectivity index is 2.31. The van der Waals surface area contributed by atoms with Gasteiger partial charge in [-0.2, -0.15) is 0 Å². The maximum Gasteiger partial charge on any atom is 0.409 e. The van der Waals surface area contributed by atoms with Gasteiger partial charge in [-0.05, 0) is 6.92 Å². The van der Waals surface area contributed by atoms with Crippen LogP contribution in [0.15, 0.2) is 0 Å². The quantitative estimate of drug-likeness (QED) is 0.399. The Labute approximate surface area is 107 Å². The van der Waals surface area contributed by atoms with Crippen molar-refractivity contribution in [2.75, 3.05) is 39.3 Å². The Morgan fingerprint density at radius 2 is 1.94 bits per heavy atom. The molecule has 0 aromatic heterocycles. The molecule has 1 rings (SSSR count). The maximum absolute atomic E-state index is 11.5. The van der Waals surface area contributed by atoms with Crippen LogP contribution >= 0.6 is 0 Å². The molecular weight excluding hydrogens is 236 g/mol. The van der Waals surface area contributed by atoms with Gasteiger partial charge in [0.05, 0.1) is 6.61 Å². The molecule has 7 nitrogen and oxygen atoms in total. The van der Waals surface area contributed by atoms with Crippen LogP contribution in [0.25, 0.3) is 0 Å². The monoisotopic (exact) mass is 258 g/mol. The summed E-state index contributed by atoms with van der Waals surface area (Å²) in [6.45, 7) is 7.45. The largest absolute Gasteiger partial charge is 0.450 e. The third-order valence-corrected chi connectivity index (χ3v) is 3.02. The molecule has 7 heteroatoms. The predicted octanol–water partition coefficient (Wildman–Crippen LogP) is -0.613. The van der Waals surface area contributed by atoms with E-state index < -0.39 is 0 Å². The number of carbonyl (C=O) groups excluding carboxylic acids is 2. The number of nitrogens with two attached hydrogens (primary N) is 1. The lowest BCUT2D eigenvalue weighted by Gasteiger charge is -2.34. The molecule has 0 aromatic rings. The molecule has 2 amide bonds. The van der Waals surface area contributed by atoms with Crippen LogP contribution in [-0.2, 0) is 9.53 Å². The summed E-state index contributed by atoms with van der Waals surface area (Å²) in [4.78, 5) is 26.6. The summed E-state index contributed by atoms with van der Waals surface area (Å²) in [5.41, 5.74) is 2.15. The van der Waals surface area contributed by atoms with Crippen LogP contribution in [0.1, 0.15) is 13.8 Å². The fourth-order valence-electron chi connectivity index (χ4n) is 1.94. The van der Waals surface area contributed by atoms with Crippen LogP contribution in [0, 0.1) is 5.92 Å². The molecule has 0 bridgehead atoms. The summed E-state index contributed by atoms with van der Waals surface area (Å²) in [5.74, 6) is 4.77. The molecule has 1 unspecified atom stereocenters. The Morgan fingerprint density at radius 1 is 1.33 bits per heavy atom. The van der Waals surface area contributed by atoms with E-state index >= 15 is 0 Å². The number of amides is 2. The van der Waals surface area contributed by atoms with Gasteiger partial charge in [-0.25, -0.2) is 10.6 Å². The smallest absolute Gasteiger partial charge is 0.409 e. The van der Waals surface area contributed by atoms with Crippen molar-refractivity contribution in [3.8, 4) is 0 Å². The van der Waals surface area contributed by atoms with Crippen molar-refractivity contribution >= 4 is 12.0 Å². The summed E-state index contributed by atoms with van der Waals surface area (Å²) in [7, 11) is 0. The highest BCUT2D eigenvalue weighted by molar-refractivity contribution is 5.77. The van der Waals surface area contributed by atoms with Gasteiger partial charge < -0.3 is 9.64 Å². The fourth-order valence-corrected chi connectivity index (χ4v) is 1.94. The number of nitrogens with zero attached hydrogens (tertiary/aromatic N) is 2. The van der Waals surface area contributed by atoms with E-state index in [-0.39, 0.29) is 17.9 Å². The molecule has 0 spiro atoms. The van der Waals surface area contributed by atoms with Gasteiger partial charge >= 0.3 is 6.09 Å². The van der Waals surface area contributed by atoms with Crippen LogP contribution in [0.5, 0.6) is 0 Å². The third-order valence-electron chi connectivity index (χ3n) is 3.02. The van der Waals surface area contributed by atoms with Crippen LogP contribution in [0.3, 0.4) is 0 Å². The van der Waals surface area contributed by atoms with E-state index in [4.69, 9.17) is 10.6 Å². The first-order valence-electron chi connectivity index (χ1n) is 6.23. The van der Waals surface area contributed by atoms with E-state index in [9.17, 15) is 9.59 Å². The minimum atomic E-state index is -0.259. The molecule has 0 aliphatic carbocycles. The Bertz CT molecular complexity index is 290. The van der Waals surface area contributed by atoms with Crippen molar-refractivity contribution in [1.82, 2.24) is 15.2 Å². The van der Waals surface area contributed by atoms with E-state index in [1.54, 1.807) is 11.8 Å². The molecule has 18 heavy (non-hydrogen) atoms. The lowest BCUT2D eigenvalue weighted by molar-refractivity contribution is -0.125. The summed E-state index contributed by atoms with van der Waals surface area (Å²) < 4.78 is 4.94. The van der Waals surface area contributed by atoms with Gasteiger partial charge in [0.1, 0.15) is 0 Å². The number of nitrogens with one attached hydrogen (secondary N) is 1. The second-order valence-electron chi connectivity index (χ2n) is 4.40. The van der Waals surface area contributed by atoms with Crippen molar-refractivity contribution in [3.05, 3.63) is 0 Å². The molecule has 0 aromatic carbocycles. The number of hydrogen-bond donors (Lipinski definition) is 2. The minimum absolute atomic E-state index is 0.149. The van der Waals surface area contributed by atoms with Gasteiger partial charge in [-0.3, -0.25) is 15.1 Å². The molecule has 1 atom stereocenters. The molecule has 3 N–H and O–H groups in total. The van der Waals surface area contributed by atoms with E-state index in [1.165, 1.54) is 0 Å². The second-order valence-corrected chi connectivity index (χ2v) is 4.40. The van der Waals surface area contributed by atoms with E-state index in [0.717, 1.165) is 13.1 Å². The van der Waals surface area contributed by atoms with Gasteiger partial charge in [0.15, 0.2) is 0 Å². The summed E-state index contributed by atoms with van der Waals surface area (Å²) in [5, 5.41) is 0. The standard InChI is InChI=1S/C11H22N4O3/c1-3-18-11(17)15-6-4-14(5-7-15)8-9(2)10(16)13-12/h9H,3-8,12H2,1-2H3,(H,13,16). The number of rotatable bonds is 4. The van der Waals surface area contributed by atoms with Gasteiger partial charge in [0, 0.05) is 38.6 Å². The Hall–Kier alpha value is -1.34. The molecule has 1 aliphatic heterocycles. The average Bonchev–Trinajstić information content (AvgIpc) is 2.38. The molecule has 0 saturated carbocycles. The number of hydrazine groups is 1. The molecule has 1 fully saturated rings. The number of piperazine rings is 1. The van der Waals surface area contributed by atoms with Crippen molar-refractivity contribution in [2.24, 2.45) is 11.8 Å². The number of ether oxygens (including phenoxy) is 1. The lowest BCUT2D eigenvalue weighted by Crippen LogP contribution is -2.51. The highest BCUT2D eigenvalue weighted by atomic mass is 16.6. The zero-order valence-electron chi connectivity index (χ0n) is 11.0. The van der Waals surface area contributed by atoms with Crippen LogP contribution < -0.4 is 11.3 Å². The molecule has 1 saturated heterocycles. The molecular formula is C11H22N4O3. The first-order chi connectivity index (χ1) is 8.58. The molecule has 1 heterocycles. The highest BCUT2D eigenvalue weighted by Gasteiger charge is 2.24. The van der Waals surface area contributed by atoms with Crippen molar-refractivity contribution in [3.63, 3.8) is 0 Å². The highest BCUT2D eigenvalue weighted by Crippen LogP contribution is 2.07.